The molecule has 0 bridgehead atoms. The summed E-state index contributed by atoms with van der Waals surface area (Å²) < 4.78 is 0. The van der Waals surface area contributed by atoms with E-state index < -0.39 is 0 Å². The molecule has 1 saturated heterocycles. The van der Waals surface area contributed by atoms with Crippen LogP contribution < -0.4 is 15.5 Å². The van der Waals surface area contributed by atoms with Gasteiger partial charge >= 0.3 is 0 Å². The second kappa shape index (κ2) is 6.29. The highest BCUT2D eigenvalue weighted by atomic mass is 16.2. The molecule has 102 valence electrons. The van der Waals surface area contributed by atoms with Crippen LogP contribution in [-0.4, -0.2) is 36.4 Å². The molecule has 0 unspecified atom stereocenters. The van der Waals surface area contributed by atoms with E-state index in [1.54, 1.807) is 11.1 Å². The standard InChI is InChI=1S/C13H18N4O2/c1-2-5-14-6-10-3-4-11(15-7-10)17-8-12(18)16-13(19)9-17/h3-4,7,14H,2,5-6,8-9H2,1H3,(H,16,18,19). The van der Waals surface area contributed by atoms with E-state index in [4.69, 9.17) is 0 Å². The fraction of sp³-hybridized carbons (Fsp3) is 0.462. The number of imide groups is 1. The van der Waals surface area contributed by atoms with Gasteiger partial charge in [0.25, 0.3) is 0 Å². The molecule has 1 aromatic heterocycles. The van der Waals surface area contributed by atoms with E-state index in [1.165, 1.54) is 0 Å². The summed E-state index contributed by atoms with van der Waals surface area (Å²) >= 11 is 0. The third kappa shape index (κ3) is 3.75. The summed E-state index contributed by atoms with van der Waals surface area (Å²) in [5.41, 5.74) is 1.09. The minimum Gasteiger partial charge on any atom is -0.338 e. The predicted octanol–water partition coefficient (Wildman–Crippen LogP) is 0.0440. The van der Waals surface area contributed by atoms with Gasteiger partial charge in [-0.05, 0) is 24.6 Å². The monoisotopic (exact) mass is 262 g/mol. The molecule has 0 aromatic carbocycles. The number of nitrogens with zero attached hydrogens (tertiary/aromatic N) is 2. The largest absolute Gasteiger partial charge is 0.338 e. The molecule has 1 aliphatic rings. The number of amides is 2. The van der Waals surface area contributed by atoms with Crippen LogP contribution in [0.5, 0.6) is 0 Å². The van der Waals surface area contributed by atoms with Gasteiger partial charge in [-0.1, -0.05) is 13.0 Å². The number of anilines is 1. The Morgan fingerprint density at radius 3 is 2.63 bits per heavy atom. The number of piperazine rings is 1. The van der Waals surface area contributed by atoms with Crippen molar-refractivity contribution in [1.29, 1.82) is 0 Å². The summed E-state index contributed by atoms with van der Waals surface area (Å²) in [5, 5.41) is 5.56. The van der Waals surface area contributed by atoms with E-state index in [-0.39, 0.29) is 24.9 Å². The van der Waals surface area contributed by atoms with Crippen molar-refractivity contribution in [3.05, 3.63) is 23.9 Å². The van der Waals surface area contributed by atoms with E-state index >= 15 is 0 Å². The molecule has 2 rings (SSSR count). The Kier molecular flexibility index (Phi) is 4.46. The summed E-state index contributed by atoms with van der Waals surface area (Å²) in [5.74, 6) is 0.0842. The molecule has 1 aromatic rings. The van der Waals surface area contributed by atoms with Gasteiger partial charge in [0.15, 0.2) is 0 Å². The second-order valence-corrected chi connectivity index (χ2v) is 4.53. The minimum atomic E-state index is -0.285. The van der Waals surface area contributed by atoms with Gasteiger partial charge in [-0.25, -0.2) is 4.98 Å². The van der Waals surface area contributed by atoms with E-state index in [0.29, 0.717) is 5.82 Å². The number of aromatic nitrogens is 1. The molecule has 1 fully saturated rings. The van der Waals surface area contributed by atoms with Crippen LogP contribution in [-0.2, 0) is 16.1 Å². The van der Waals surface area contributed by atoms with Gasteiger partial charge in [0.05, 0.1) is 13.1 Å². The number of pyridine rings is 1. The molecule has 0 radical (unpaired) electrons. The van der Waals surface area contributed by atoms with E-state index in [1.807, 2.05) is 12.1 Å². The Morgan fingerprint density at radius 2 is 2.05 bits per heavy atom. The van der Waals surface area contributed by atoms with E-state index in [9.17, 15) is 9.59 Å². The molecule has 6 nitrogen and oxygen atoms in total. The van der Waals surface area contributed by atoms with Crippen LogP contribution in [0.2, 0.25) is 0 Å². The number of hydrogen-bond donors (Lipinski definition) is 2. The molecule has 2 amide bonds. The number of hydrogen-bond acceptors (Lipinski definition) is 5. The average molecular weight is 262 g/mol. The van der Waals surface area contributed by atoms with Crippen LogP contribution in [0.3, 0.4) is 0 Å². The van der Waals surface area contributed by atoms with Gasteiger partial charge in [0.2, 0.25) is 11.8 Å². The summed E-state index contributed by atoms with van der Waals surface area (Å²) in [6.45, 7) is 4.22. The molecule has 0 saturated carbocycles. The lowest BCUT2D eigenvalue weighted by Crippen LogP contribution is -2.51. The minimum absolute atomic E-state index is 0.173. The first-order valence-corrected chi connectivity index (χ1v) is 6.42. The van der Waals surface area contributed by atoms with Crippen LogP contribution in [0.15, 0.2) is 18.3 Å². The van der Waals surface area contributed by atoms with Crippen molar-refractivity contribution in [2.45, 2.75) is 19.9 Å². The summed E-state index contributed by atoms with van der Waals surface area (Å²) in [6, 6.07) is 3.80. The number of rotatable bonds is 5. The average Bonchev–Trinajstić information content (AvgIpc) is 2.39. The summed E-state index contributed by atoms with van der Waals surface area (Å²) in [4.78, 5) is 28.5. The first-order valence-electron chi connectivity index (χ1n) is 6.42. The van der Waals surface area contributed by atoms with Gasteiger partial charge in [0, 0.05) is 12.7 Å². The predicted molar refractivity (Wildman–Crippen MR) is 71.6 cm³/mol. The first kappa shape index (κ1) is 13.5. The maximum atomic E-state index is 11.3. The molecule has 0 atom stereocenters. The molecule has 1 aliphatic heterocycles. The first-order chi connectivity index (χ1) is 9.19. The zero-order valence-electron chi connectivity index (χ0n) is 11.0. The van der Waals surface area contributed by atoms with Gasteiger partial charge in [-0.3, -0.25) is 14.9 Å². The zero-order valence-corrected chi connectivity index (χ0v) is 11.0. The van der Waals surface area contributed by atoms with Crippen LogP contribution in [0.1, 0.15) is 18.9 Å². The van der Waals surface area contributed by atoms with Crippen molar-refractivity contribution in [3.63, 3.8) is 0 Å². The number of nitrogens with one attached hydrogen (secondary N) is 2. The Labute approximate surface area is 112 Å². The van der Waals surface area contributed by atoms with Crippen molar-refractivity contribution >= 4 is 17.6 Å². The highest BCUT2D eigenvalue weighted by Gasteiger charge is 2.23. The molecule has 2 N–H and O–H groups in total. The maximum absolute atomic E-state index is 11.3. The van der Waals surface area contributed by atoms with Crippen LogP contribution in [0.4, 0.5) is 5.82 Å². The van der Waals surface area contributed by atoms with Crippen molar-refractivity contribution in [2.24, 2.45) is 0 Å². The Balaban J connectivity index is 1.97. The lowest BCUT2D eigenvalue weighted by atomic mass is 10.2. The fourth-order valence-electron chi connectivity index (χ4n) is 1.92. The SMILES string of the molecule is CCCNCc1ccc(N2CC(=O)NC(=O)C2)nc1. The molecule has 19 heavy (non-hydrogen) atoms. The Bertz CT molecular complexity index is 442. The topological polar surface area (TPSA) is 74.3 Å². The molecular weight excluding hydrogens is 244 g/mol. The third-order valence-corrected chi connectivity index (χ3v) is 2.84. The van der Waals surface area contributed by atoms with Gasteiger partial charge < -0.3 is 10.2 Å². The summed E-state index contributed by atoms with van der Waals surface area (Å²) in [6.07, 6.45) is 2.87. The van der Waals surface area contributed by atoms with Gasteiger partial charge in [0.1, 0.15) is 5.82 Å². The highest BCUT2D eigenvalue weighted by molar-refractivity contribution is 6.02. The smallest absolute Gasteiger partial charge is 0.246 e. The highest BCUT2D eigenvalue weighted by Crippen LogP contribution is 2.12. The number of carbonyl (C=O) groups is 2. The van der Waals surface area contributed by atoms with Crippen molar-refractivity contribution in [1.82, 2.24) is 15.6 Å². The van der Waals surface area contributed by atoms with E-state index in [2.05, 4.69) is 22.5 Å². The molecule has 0 spiro atoms. The summed E-state index contributed by atoms with van der Waals surface area (Å²) in [7, 11) is 0. The zero-order chi connectivity index (χ0) is 13.7. The van der Waals surface area contributed by atoms with Crippen LogP contribution >= 0.6 is 0 Å². The van der Waals surface area contributed by atoms with Crippen molar-refractivity contribution in [2.75, 3.05) is 24.5 Å². The van der Waals surface area contributed by atoms with Crippen LogP contribution in [0.25, 0.3) is 0 Å². The fourth-order valence-corrected chi connectivity index (χ4v) is 1.92. The molecule has 0 aliphatic carbocycles. The lowest BCUT2D eigenvalue weighted by molar-refractivity contribution is -0.130. The van der Waals surface area contributed by atoms with Crippen molar-refractivity contribution in [3.8, 4) is 0 Å². The molecule has 6 heteroatoms. The van der Waals surface area contributed by atoms with Gasteiger partial charge in [-0.15, -0.1) is 0 Å². The third-order valence-electron chi connectivity index (χ3n) is 2.84. The molecular formula is C13H18N4O2. The van der Waals surface area contributed by atoms with Gasteiger partial charge in [-0.2, -0.15) is 0 Å². The van der Waals surface area contributed by atoms with Crippen molar-refractivity contribution < 1.29 is 9.59 Å². The normalized spacial score (nSPS) is 15.5. The Morgan fingerprint density at radius 1 is 1.32 bits per heavy atom. The van der Waals surface area contributed by atoms with Crippen LogP contribution in [0, 0.1) is 0 Å². The number of carbonyl (C=O) groups excluding carboxylic acids is 2. The molecule has 2 heterocycles. The second-order valence-electron chi connectivity index (χ2n) is 4.53. The quantitative estimate of drug-likeness (QED) is 0.579. The lowest BCUT2D eigenvalue weighted by Gasteiger charge is -2.26. The Hall–Kier alpha value is -1.95. The maximum Gasteiger partial charge on any atom is 0.246 e. The van der Waals surface area contributed by atoms with E-state index in [0.717, 1.165) is 25.1 Å².